The van der Waals surface area contributed by atoms with Crippen LogP contribution in [0.2, 0.25) is 0 Å². The van der Waals surface area contributed by atoms with Crippen molar-refractivity contribution in [3.8, 4) is 11.1 Å². The van der Waals surface area contributed by atoms with Crippen LogP contribution in [0.5, 0.6) is 0 Å². The third-order valence-electron chi connectivity index (χ3n) is 9.05. The molecule has 12 heteroatoms. The highest BCUT2D eigenvalue weighted by atomic mass is 19.1. The van der Waals surface area contributed by atoms with E-state index in [4.69, 9.17) is 19.7 Å². The number of amidine groups is 1. The zero-order valence-corrected chi connectivity index (χ0v) is 27.6. The summed E-state index contributed by atoms with van der Waals surface area (Å²) in [5.41, 5.74) is 2.15. The second-order valence-corrected chi connectivity index (χ2v) is 13.6. The molecule has 1 aliphatic carbocycles. The Hall–Kier alpha value is -4.13. The van der Waals surface area contributed by atoms with Gasteiger partial charge in [0, 0.05) is 23.6 Å². The number of benzene rings is 2. The highest BCUT2D eigenvalue weighted by Gasteiger charge is 2.36. The Morgan fingerprint density at radius 1 is 1.17 bits per heavy atom. The highest BCUT2D eigenvalue weighted by Crippen LogP contribution is 2.38. The maximum Gasteiger partial charge on any atom is 0.304 e. The van der Waals surface area contributed by atoms with E-state index in [9.17, 15) is 15.0 Å². The summed E-state index contributed by atoms with van der Waals surface area (Å²) >= 11 is 0. The molecule has 0 spiro atoms. The quantitative estimate of drug-likeness (QED) is 0.224. The fourth-order valence-electron chi connectivity index (χ4n) is 6.58. The molecule has 2 aromatic carbocycles. The first-order chi connectivity index (χ1) is 22.4. The van der Waals surface area contributed by atoms with E-state index in [1.54, 1.807) is 29.0 Å². The van der Waals surface area contributed by atoms with E-state index < -0.39 is 23.4 Å². The minimum atomic E-state index is -1.24. The molecule has 1 fully saturated rings. The third-order valence-corrected chi connectivity index (χ3v) is 9.05. The van der Waals surface area contributed by atoms with Crippen LogP contribution in [0.4, 0.5) is 4.39 Å². The summed E-state index contributed by atoms with van der Waals surface area (Å²) in [4.78, 5) is 24.0. The van der Waals surface area contributed by atoms with E-state index in [-0.39, 0.29) is 24.6 Å². The van der Waals surface area contributed by atoms with E-state index in [0.29, 0.717) is 64.5 Å². The number of aliphatic hydroxyl groups excluding tert-OH is 1. The molecule has 1 unspecified atom stereocenters. The Labute approximate surface area is 273 Å². The molecular weight excluding hydrogens is 603 g/mol. The van der Waals surface area contributed by atoms with Crippen molar-refractivity contribution in [2.75, 3.05) is 6.61 Å². The van der Waals surface area contributed by atoms with Gasteiger partial charge in [-0.25, -0.2) is 8.91 Å². The largest absolute Gasteiger partial charge is 0.388 e. The first-order valence-electron chi connectivity index (χ1n) is 16.3. The normalized spacial score (nSPS) is 21.5. The van der Waals surface area contributed by atoms with Gasteiger partial charge in [-0.3, -0.25) is 9.36 Å². The smallest absolute Gasteiger partial charge is 0.304 e. The van der Waals surface area contributed by atoms with Crippen molar-refractivity contribution in [2.45, 2.75) is 103 Å². The molecule has 0 bridgehead atoms. The molecule has 0 saturated heterocycles. The zero-order chi connectivity index (χ0) is 33.5. The molecule has 11 nitrogen and oxygen atoms in total. The molecule has 3 heterocycles. The molecule has 250 valence electrons. The van der Waals surface area contributed by atoms with Crippen molar-refractivity contribution in [2.24, 2.45) is 5.16 Å². The van der Waals surface area contributed by atoms with Crippen molar-refractivity contribution in [3.63, 3.8) is 0 Å². The summed E-state index contributed by atoms with van der Waals surface area (Å²) in [5, 5.41) is 31.3. The molecule has 1 atom stereocenters. The lowest BCUT2D eigenvalue weighted by Crippen LogP contribution is -2.41. The number of halogens is 1. The van der Waals surface area contributed by atoms with E-state index in [2.05, 4.69) is 17.4 Å². The average molecular weight is 647 g/mol. The van der Waals surface area contributed by atoms with Crippen LogP contribution >= 0.6 is 0 Å². The number of hydrogen-bond donors (Lipinski definition) is 3. The van der Waals surface area contributed by atoms with Gasteiger partial charge >= 0.3 is 6.41 Å². The summed E-state index contributed by atoms with van der Waals surface area (Å²) in [6, 6.07) is 12.2. The minimum absolute atomic E-state index is 0.101. The molecule has 0 radical (unpaired) electrons. The molecule has 3 N–H and O–H groups in total. The first kappa shape index (κ1) is 32.8. The predicted octanol–water partition coefficient (Wildman–Crippen LogP) is 4.77. The number of ether oxygens (including phenoxy) is 1. The van der Waals surface area contributed by atoms with E-state index >= 15 is 4.39 Å². The van der Waals surface area contributed by atoms with E-state index in [1.807, 2.05) is 44.2 Å². The Kier molecular flexibility index (Phi) is 8.94. The minimum Gasteiger partial charge on any atom is -0.388 e. The van der Waals surface area contributed by atoms with Crippen LogP contribution < -0.4 is 10.9 Å². The molecule has 6 rings (SSSR count). The topological polar surface area (TPSA) is 136 Å². The molecule has 1 saturated carbocycles. The van der Waals surface area contributed by atoms with Crippen molar-refractivity contribution in [3.05, 3.63) is 86.8 Å². The zero-order valence-electron chi connectivity index (χ0n) is 27.6. The number of nitrogens with zero attached hydrogens (tertiary/aromatic N) is 5. The van der Waals surface area contributed by atoms with Crippen molar-refractivity contribution >= 4 is 11.6 Å². The van der Waals surface area contributed by atoms with Gasteiger partial charge < -0.3 is 25.1 Å². The van der Waals surface area contributed by atoms with Crippen molar-refractivity contribution in [1.82, 2.24) is 24.5 Å². The maximum atomic E-state index is 16.0. The van der Waals surface area contributed by atoms with Gasteiger partial charge in [-0.2, -0.15) is 10.1 Å². The van der Waals surface area contributed by atoms with Crippen LogP contribution in [0, 0.1) is 12.7 Å². The maximum absolute atomic E-state index is 16.0. The summed E-state index contributed by atoms with van der Waals surface area (Å²) in [6.07, 6.45) is 3.06. The van der Waals surface area contributed by atoms with Crippen LogP contribution in [0.15, 0.2) is 52.4 Å². The van der Waals surface area contributed by atoms with Crippen molar-refractivity contribution < 1.29 is 24.2 Å². The summed E-state index contributed by atoms with van der Waals surface area (Å²) in [7, 11) is 0. The number of aliphatic hydroxyl groups is 2. The second kappa shape index (κ2) is 12.8. The molecule has 0 amide bonds. The van der Waals surface area contributed by atoms with Gasteiger partial charge in [-0.15, -0.1) is 0 Å². The number of fused-ring (bicyclic) bond motifs is 1. The van der Waals surface area contributed by atoms with Gasteiger partial charge in [0.05, 0.1) is 23.5 Å². The molecular formula is C35H43FN6O5. The Morgan fingerprint density at radius 3 is 2.53 bits per heavy atom. The molecule has 2 aliphatic rings. The standard InChI is InChI=1S/C35H43FN6O5/c1-6-9-29-27(18-23-13-12-22(19-28(23)36)25-10-7-8-11-26(25)30-38-33(44)47-40-30)31(43)41(32-37-21(2)39-42(29)32)24-14-16-35(5,17-15-24)46-20-34(3,4)45/h7-8,10-13,19,24,33,44-45H,6,9,14-18,20H2,1-5H3,(H,38,40)/t24-,33?,35-. The van der Waals surface area contributed by atoms with Crippen LogP contribution in [0.3, 0.4) is 0 Å². The van der Waals surface area contributed by atoms with Crippen molar-refractivity contribution in [1.29, 1.82) is 0 Å². The van der Waals surface area contributed by atoms with Gasteiger partial charge in [-0.05, 0) is 82.6 Å². The second-order valence-electron chi connectivity index (χ2n) is 13.6. The number of aryl methyl sites for hydroxylation is 2. The van der Waals surface area contributed by atoms with E-state index in [1.165, 1.54) is 6.07 Å². The van der Waals surface area contributed by atoms with Crippen LogP contribution in [0.25, 0.3) is 16.9 Å². The first-order valence-corrected chi connectivity index (χ1v) is 16.3. The number of hydrogen-bond acceptors (Lipinski definition) is 9. The molecule has 2 aromatic heterocycles. The number of oxime groups is 1. The fraction of sp³-hybridized carbons (Fsp3) is 0.486. The van der Waals surface area contributed by atoms with Crippen LogP contribution in [0.1, 0.15) is 94.0 Å². The molecule has 4 aromatic rings. The van der Waals surface area contributed by atoms with Gasteiger partial charge in [0.15, 0.2) is 5.84 Å². The fourth-order valence-corrected chi connectivity index (χ4v) is 6.58. The lowest BCUT2D eigenvalue weighted by Gasteiger charge is -2.39. The van der Waals surface area contributed by atoms with Crippen LogP contribution in [-0.2, 0) is 22.4 Å². The van der Waals surface area contributed by atoms with Gasteiger partial charge in [-0.1, -0.05) is 54.9 Å². The number of nitrogens with one attached hydrogen (secondary N) is 1. The summed E-state index contributed by atoms with van der Waals surface area (Å²) < 4.78 is 25.7. The lowest BCUT2D eigenvalue weighted by molar-refractivity contribution is -0.117. The Morgan fingerprint density at radius 2 is 1.89 bits per heavy atom. The SMILES string of the molecule is CCCc1c(Cc2ccc(-c3ccccc3C3=NOC(O)N3)cc2F)c(=O)n([C@H]2CC[C@](C)(OCC(C)(C)O)CC2)c2nc(C)nn12. The molecule has 47 heavy (non-hydrogen) atoms. The third kappa shape index (κ3) is 6.81. The lowest BCUT2D eigenvalue weighted by atomic mass is 9.83. The van der Waals surface area contributed by atoms with Gasteiger partial charge in [0.2, 0.25) is 5.78 Å². The highest BCUT2D eigenvalue weighted by molar-refractivity contribution is 6.04. The van der Waals surface area contributed by atoms with Gasteiger partial charge in [0.25, 0.3) is 5.56 Å². The monoisotopic (exact) mass is 646 g/mol. The Bertz CT molecular complexity index is 1870. The average Bonchev–Trinajstić information content (AvgIpc) is 3.64. The van der Waals surface area contributed by atoms with Gasteiger partial charge in [0.1, 0.15) is 11.6 Å². The van der Waals surface area contributed by atoms with E-state index in [0.717, 1.165) is 25.0 Å². The number of rotatable bonds is 10. The number of aromatic nitrogens is 4. The summed E-state index contributed by atoms with van der Waals surface area (Å²) in [6.45, 7) is 9.60. The van der Waals surface area contributed by atoms with Crippen LogP contribution in [-0.4, -0.2) is 59.4 Å². The predicted molar refractivity (Wildman–Crippen MR) is 176 cm³/mol. The Balaban J connectivity index is 1.35. The summed E-state index contributed by atoms with van der Waals surface area (Å²) in [5.74, 6) is 0.993. The molecule has 1 aliphatic heterocycles.